The number of amides is 1. The molecule has 0 heterocycles. The summed E-state index contributed by atoms with van der Waals surface area (Å²) in [6, 6.07) is 0. The van der Waals surface area contributed by atoms with Gasteiger partial charge in [0.05, 0.1) is 13.7 Å². The summed E-state index contributed by atoms with van der Waals surface area (Å²) in [5, 5.41) is 0. The van der Waals surface area contributed by atoms with Gasteiger partial charge >= 0.3 is 12.1 Å². The van der Waals surface area contributed by atoms with E-state index < -0.39 is 6.09 Å². The second-order valence-electron chi connectivity index (χ2n) is 2.20. The minimum atomic E-state index is -0.784. The molecule has 0 atom stereocenters. The molecule has 0 fully saturated rings. The molecule has 0 spiro atoms. The second-order valence-corrected chi connectivity index (χ2v) is 2.20. The number of ether oxygens (including phenoxy) is 2. The maximum Gasteiger partial charge on any atom is 0.404 e. The van der Waals surface area contributed by atoms with E-state index in [1.54, 1.807) is 0 Å². The molecule has 12 heavy (non-hydrogen) atoms. The normalized spacial score (nSPS) is 9.08. The van der Waals surface area contributed by atoms with Gasteiger partial charge in [0.25, 0.3) is 0 Å². The minimum Gasteiger partial charge on any atom is -0.469 e. The van der Waals surface area contributed by atoms with Crippen molar-refractivity contribution in [1.29, 1.82) is 0 Å². The highest BCUT2D eigenvalue weighted by atomic mass is 16.5. The van der Waals surface area contributed by atoms with Gasteiger partial charge in [-0.3, -0.25) is 4.79 Å². The average molecular weight is 175 g/mol. The number of hydrogen-bond donors (Lipinski definition) is 1. The van der Waals surface area contributed by atoms with Crippen LogP contribution in [0.25, 0.3) is 0 Å². The van der Waals surface area contributed by atoms with Crippen molar-refractivity contribution in [2.24, 2.45) is 5.73 Å². The Hall–Kier alpha value is -1.26. The van der Waals surface area contributed by atoms with Crippen molar-refractivity contribution in [3.05, 3.63) is 0 Å². The maximum absolute atomic E-state index is 10.6. The third-order valence-electron chi connectivity index (χ3n) is 1.25. The van der Waals surface area contributed by atoms with E-state index in [-0.39, 0.29) is 12.6 Å². The lowest BCUT2D eigenvalue weighted by Crippen LogP contribution is -2.13. The highest BCUT2D eigenvalue weighted by molar-refractivity contribution is 5.69. The largest absolute Gasteiger partial charge is 0.469 e. The first kappa shape index (κ1) is 10.7. The molecule has 0 saturated heterocycles. The van der Waals surface area contributed by atoms with E-state index in [1.165, 1.54) is 7.11 Å². The molecule has 0 aliphatic carbocycles. The molecule has 1 amide bonds. The first-order chi connectivity index (χ1) is 5.66. The Bertz CT molecular complexity index is 157. The van der Waals surface area contributed by atoms with E-state index in [0.717, 1.165) is 0 Å². The number of rotatable bonds is 5. The van der Waals surface area contributed by atoms with Crippen molar-refractivity contribution in [3.63, 3.8) is 0 Å². The Morgan fingerprint density at radius 3 is 2.50 bits per heavy atom. The zero-order valence-corrected chi connectivity index (χ0v) is 7.04. The van der Waals surface area contributed by atoms with Crippen LogP contribution in [0.3, 0.4) is 0 Å². The van der Waals surface area contributed by atoms with E-state index in [4.69, 9.17) is 5.73 Å². The van der Waals surface area contributed by atoms with Gasteiger partial charge in [0.15, 0.2) is 0 Å². The monoisotopic (exact) mass is 175 g/mol. The lowest BCUT2D eigenvalue weighted by atomic mass is 10.2. The summed E-state index contributed by atoms with van der Waals surface area (Å²) in [5.41, 5.74) is 4.71. The first-order valence-electron chi connectivity index (χ1n) is 3.66. The predicted molar refractivity (Wildman–Crippen MR) is 41.4 cm³/mol. The molecule has 0 saturated carbocycles. The number of carbonyl (C=O) groups is 2. The van der Waals surface area contributed by atoms with Gasteiger partial charge in [-0.25, -0.2) is 4.79 Å². The van der Waals surface area contributed by atoms with Crippen molar-refractivity contribution >= 4 is 12.1 Å². The molecule has 0 radical (unpaired) electrons. The van der Waals surface area contributed by atoms with Crippen LogP contribution in [-0.4, -0.2) is 25.8 Å². The number of hydrogen-bond acceptors (Lipinski definition) is 4. The van der Waals surface area contributed by atoms with Crippen LogP contribution >= 0.6 is 0 Å². The van der Waals surface area contributed by atoms with Crippen molar-refractivity contribution in [1.82, 2.24) is 0 Å². The minimum absolute atomic E-state index is 0.255. The molecule has 0 unspecified atom stereocenters. The number of methoxy groups -OCH3 is 1. The summed E-state index contributed by atoms with van der Waals surface area (Å²) in [4.78, 5) is 20.6. The fraction of sp³-hybridized carbons (Fsp3) is 0.714. The van der Waals surface area contributed by atoms with Crippen LogP contribution < -0.4 is 5.73 Å². The zero-order valence-electron chi connectivity index (χ0n) is 7.04. The molecule has 5 heteroatoms. The summed E-state index contributed by atoms with van der Waals surface area (Å²) < 4.78 is 8.85. The zero-order chi connectivity index (χ0) is 9.40. The summed E-state index contributed by atoms with van der Waals surface area (Å²) >= 11 is 0. The fourth-order valence-electron chi connectivity index (χ4n) is 0.646. The van der Waals surface area contributed by atoms with E-state index >= 15 is 0 Å². The third kappa shape index (κ3) is 6.85. The lowest BCUT2D eigenvalue weighted by Gasteiger charge is -2.00. The quantitative estimate of drug-likeness (QED) is 0.485. The van der Waals surface area contributed by atoms with Gasteiger partial charge in [-0.2, -0.15) is 0 Å². The van der Waals surface area contributed by atoms with Gasteiger partial charge in [-0.1, -0.05) is 0 Å². The van der Waals surface area contributed by atoms with Crippen molar-refractivity contribution in [2.75, 3.05) is 13.7 Å². The molecular weight excluding hydrogens is 162 g/mol. The van der Waals surface area contributed by atoms with Crippen molar-refractivity contribution in [2.45, 2.75) is 19.3 Å². The molecule has 70 valence electrons. The first-order valence-corrected chi connectivity index (χ1v) is 3.66. The average Bonchev–Trinajstić information content (AvgIpc) is 2.03. The molecule has 0 rings (SSSR count). The molecular formula is C7H13NO4. The molecule has 2 N–H and O–H groups in total. The van der Waals surface area contributed by atoms with Gasteiger partial charge in [-0.05, 0) is 12.8 Å². The van der Waals surface area contributed by atoms with Gasteiger partial charge in [0, 0.05) is 6.42 Å². The molecule has 0 aromatic rings. The molecule has 0 aliphatic rings. The number of primary amides is 1. The Kier molecular flexibility index (Phi) is 5.77. The van der Waals surface area contributed by atoms with Gasteiger partial charge < -0.3 is 15.2 Å². The summed E-state index contributed by atoms with van der Waals surface area (Å²) in [5.74, 6) is -0.255. The Morgan fingerprint density at radius 1 is 1.33 bits per heavy atom. The van der Waals surface area contributed by atoms with Crippen molar-refractivity contribution < 1.29 is 19.1 Å². The van der Waals surface area contributed by atoms with Gasteiger partial charge in [-0.15, -0.1) is 0 Å². The van der Waals surface area contributed by atoms with Crippen LogP contribution in [0.15, 0.2) is 0 Å². The summed E-state index contributed by atoms with van der Waals surface area (Å²) in [6.07, 6.45) is 0.824. The molecule has 0 aliphatic heterocycles. The Morgan fingerprint density at radius 2 is 2.00 bits per heavy atom. The van der Waals surface area contributed by atoms with Crippen LogP contribution in [0, 0.1) is 0 Å². The highest BCUT2D eigenvalue weighted by Crippen LogP contribution is 1.97. The molecule has 0 bridgehead atoms. The molecule has 5 nitrogen and oxygen atoms in total. The predicted octanol–water partition coefficient (Wildman–Crippen LogP) is 0.425. The second kappa shape index (κ2) is 6.45. The molecule has 0 aromatic carbocycles. The summed E-state index contributed by atoms with van der Waals surface area (Å²) in [7, 11) is 1.34. The lowest BCUT2D eigenvalue weighted by molar-refractivity contribution is -0.140. The molecule has 0 aromatic heterocycles. The Labute approximate surface area is 70.8 Å². The standard InChI is InChI=1S/C7H13NO4/c1-11-6(9)4-2-3-5-12-7(8)10/h2-5H2,1H3,(H2,8,10). The van der Waals surface area contributed by atoms with Crippen LogP contribution in [0.4, 0.5) is 4.79 Å². The SMILES string of the molecule is COC(=O)CCCCOC(N)=O. The van der Waals surface area contributed by atoms with Crippen LogP contribution in [0.5, 0.6) is 0 Å². The third-order valence-corrected chi connectivity index (χ3v) is 1.25. The topological polar surface area (TPSA) is 78.6 Å². The number of unbranched alkanes of at least 4 members (excludes halogenated alkanes) is 1. The van der Waals surface area contributed by atoms with E-state index in [1.807, 2.05) is 0 Å². The smallest absolute Gasteiger partial charge is 0.404 e. The maximum atomic E-state index is 10.6. The van der Waals surface area contributed by atoms with E-state index in [9.17, 15) is 9.59 Å². The van der Waals surface area contributed by atoms with Crippen molar-refractivity contribution in [3.8, 4) is 0 Å². The van der Waals surface area contributed by atoms with Gasteiger partial charge in [0.2, 0.25) is 0 Å². The van der Waals surface area contributed by atoms with Crippen LogP contribution in [-0.2, 0) is 14.3 Å². The van der Waals surface area contributed by atoms with Crippen LogP contribution in [0.1, 0.15) is 19.3 Å². The highest BCUT2D eigenvalue weighted by Gasteiger charge is 1.99. The van der Waals surface area contributed by atoms with Crippen LogP contribution in [0.2, 0.25) is 0 Å². The number of nitrogens with two attached hydrogens (primary N) is 1. The number of esters is 1. The van der Waals surface area contributed by atoms with Gasteiger partial charge in [0.1, 0.15) is 0 Å². The number of carbonyl (C=O) groups excluding carboxylic acids is 2. The van der Waals surface area contributed by atoms with E-state index in [2.05, 4.69) is 9.47 Å². The Balaban J connectivity index is 3.11. The van der Waals surface area contributed by atoms with E-state index in [0.29, 0.717) is 19.3 Å². The fourth-order valence-corrected chi connectivity index (χ4v) is 0.646. The summed E-state index contributed by atoms with van der Waals surface area (Å²) in [6.45, 7) is 0.256.